The number of hydrogen-bond acceptors (Lipinski definition) is 6. The largest absolute Gasteiger partial charge is 0.457 e. The number of ketones is 1. The molecule has 3 rings (SSSR count). The van der Waals surface area contributed by atoms with Crippen LogP contribution in [0.25, 0.3) is 17.4 Å². The van der Waals surface area contributed by atoms with Crippen molar-refractivity contribution in [1.29, 1.82) is 0 Å². The van der Waals surface area contributed by atoms with E-state index in [9.17, 15) is 25.0 Å². The number of nitro benzene ring substituents is 2. The average molecular weight is 443 g/mol. The summed E-state index contributed by atoms with van der Waals surface area (Å²) >= 11 is 3.29. The molecule has 0 aliphatic carbocycles. The molecule has 0 aliphatic heterocycles. The van der Waals surface area contributed by atoms with E-state index in [0.717, 1.165) is 0 Å². The summed E-state index contributed by atoms with van der Waals surface area (Å²) in [6.07, 6.45) is 2.78. The summed E-state index contributed by atoms with van der Waals surface area (Å²) in [5.74, 6) is 0.559. The second-order valence-corrected chi connectivity index (χ2v) is 6.48. The Hall–Kier alpha value is -3.59. The van der Waals surface area contributed by atoms with Gasteiger partial charge in [0.15, 0.2) is 5.78 Å². The van der Waals surface area contributed by atoms with Crippen LogP contribution in [0.15, 0.2) is 69.6 Å². The Balaban J connectivity index is 1.76. The van der Waals surface area contributed by atoms with Crippen molar-refractivity contribution in [2.75, 3.05) is 0 Å². The first-order valence-corrected chi connectivity index (χ1v) is 8.65. The third kappa shape index (κ3) is 4.21. The number of furan rings is 1. The molecule has 0 saturated carbocycles. The summed E-state index contributed by atoms with van der Waals surface area (Å²) < 4.78 is 6.17. The zero-order valence-electron chi connectivity index (χ0n) is 14.1. The number of rotatable bonds is 6. The monoisotopic (exact) mass is 442 g/mol. The first-order chi connectivity index (χ1) is 13.3. The molecule has 1 aromatic heterocycles. The number of benzene rings is 2. The summed E-state index contributed by atoms with van der Waals surface area (Å²) in [5.41, 5.74) is 0.805. The van der Waals surface area contributed by atoms with E-state index in [1.807, 2.05) is 0 Å². The van der Waals surface area contributed by atoms with Crippen molar-refractivity contribution < 1.29 is 19.1 Å². The van der Waals surface area contributed by atoms with Crippen molar-refractivity contribution >= 4 is 39.2 Å². The van der Waals surface area contributed by atoms with Gasteiger partial charge in [0.05, 0.1) is 9.85 Å². The Bertz CT molecular complexity index is 1100. The second-order valence-electron chi connectivity index (χ2n) is 5.62. The van der Waals surface area contributed by atoms with Gasteiger partial charge in [0.1, 0.15) is 11.5 Å². The van der Waals surface area contributed by atoms with Crippen LogP contribution in [0.5, 0.6) is 0 Å². The zero-order chi connectivity index (χ0) is 20.3. The van der Waals surface area contributed by atoms with Gasteiger partial charge in [-0.2, -0.15) is 0 Å². The van der Waals surface area contributed by atoms with Crippen LogP contribution in [-0.2, 0) is 0 Å². The minimum atomic E-state index is -0.537. The first kappa shape index (κ1) is 19.2. The topological polar surface area (TPSA) is 116 Å². The molecule has 0 radical (unpaired) electrons. The average Bonchev–Trinajstić information content (AvgIpc) is 3.14. The van der Waals surface area contributed by atoms with Gasteiger partial charge in [-0.05, 0) is 58.4 Å². The number of carbonyl (C=O) groups is 1. The minimum Gasteiger partial charge on any atom is -0.457 e. The molecule has 0 unspecified atom stereocenters. The molecule has 0 fully saturated rings. The van der Waals surface area contributed by atoms with Gasteiger partial charge in [0, 0.05) is 39.9 Å². The number of halogens is 1. The summed E-state index contributed by atoms with van der Waals surface area (Å²) in [4.78, 5) is 32.6. The van der Waals surface area contributed by atoms with Gasteiger partial charge in [-0.1, -0.05) is 0 Å². The molecule has 0 atom stereocenters. The quantitative estimate of drug-likeness (QED) is 0.217. The highest BCUT2D eigenvalue weighted by atomic mass is 79.9. The van der Waals surface area contributed by atoms with Crippen LogP contribution in [0.4, 0.5) is 11.4 Å². The highest BCUT2D eigenvalue weighted by Gasteiger charge is 2.13. The predicted molar refractivity (Wildman–Crippen MR) is 105 cm³/mol. The van der Waals surface area contributed by atoms with E-state index in [-0.39, 0.29) is 17.2 Å². The lowest BCUT2D eigenvalue weighted by Gasteiger charge is -2.00. The second kappa shape index (κ2) is 7.97. The molecule has 0 N–H and O–H groups in total. The molecular weight excluding hydrogens is 432 g/mol. The van der Waals surface area contributed by atoms with Gasteiger partial charge >= 0.3 is 0 Å². The smallest absolute Gasteiger partial charge is 0.270 e. The lowest BCUT2D eigenvalue weighted by molar-refractivity contribution is -0.385. The number of hydrogen-bond donors (Lipinski definition) is 0. The van der Waals surface area contributed by atoms with E-state index in [4.69, 9.17) is 4.42 Å². The van der Waals surface area contributed by atoms with Crippen molar-refractivity contribution in [3.05, 3.63) is 96.7 Å². The van der Waals surface area contributed by atoms with Crippen LogP contribution in [-0.4, -0.2) is 15.6 Å². The maximum Gasteiger partial charge on any atom is 0.270 e. The maximum atomic E-state index is 12.2. The molecule has 8 nitrogen and oxygen atoms in total. The summed E-state index contributed by atoms with van der Waals surface area (Å²) in [7, 11) is 0. The third-order valence-corrected chi connectivity index (χ3v) is 4.47. The van der Waals surface area contributed by atoms with Crippen LogP contribution >= 0.6 is 15.9 Å². The molecule has 140 valence electrons. The third-order valence-electron chi connectivity index (χ3n) is 3.82. The fourth-order valence-corrected chi connectivity index (χ4v) is 2.97. The highest BCUT2D eigenvalue weighted by molar-refractivity contribution is 9.10. The highest BCUT2D eigenvalue weighted by Crippen LogP contribution is 2.32. The summed E-state index contributed by atoms with van der Waals surface area (Å²) in [5, 5.41) is 21.5. The van der Waals surface area contributed by atoms with Gasteiger partial charge < -0.3 is 4.42 Å². The maximum absolute atomic E-state index is 12.2. The number of non-ortho nitro benzene ring substituents is 2. The Labute approximate surface area is 166 Å². The minimum absolute atomic E-state index is 0.0454. The van der Waals surface area contributed by atoms with E-state index in [1.54, 1.807) is 18.2 Å². The molecule has 3 aromatic rings. The SMILES string of the molecule is O=C(C=Cc1ccc(-c2ccc([N+](=O)[O-])cc2Br)o1)c1ccc([N+](=O)[O-])cc1. The molecule has 2 aromatic carbocycles. The number of nitrogens with zero attached hydrogens (tertiary/aromatic N) is 2. The molecule has 0 spiro atoms. The Kier molecular flexibility index (Phi) is 5.46. The normalized spacial score (nSPS) is 10.9. The summed E-state index contributed by atoms with van der Waals surface area (Å²) in [6, 6.07) is 12.9. The number of allylic oxidation sites excluding steroid dienone is 1. The van der Waals surface area contributed by atoms with Crippen molar-refractivity contribution in [2.45, 2.75) is 0 Å². The van der Waals surface area contributed by atoms with Crippen LogP contribution in [0.2, 0.25) is 0 Å². The Morgan fingerprint density at radius 1 is 0.929 bits per heavy atom. The van der Waals surface area contributed by atoms with Gasteiger partial charge in [-0.15, -0.1) is 0 Å². The first-order valence-electron chi connectivity index (χ1n) is 7.86. The van der Waals surface area contributed by atoms with E-state index < -0.39 is 9.85 Å². The van der Waals surface area contributed by atoms with Crippen molar-refractivity contribution in [2.24, 2.45) is 0 Å². The van der Waals surface area contributed by atoms with Crippen LogP contribution in [0.1, 0.15) is 16.1 Å². The van der Waals surface area contributed by atoms with Gasteiger partial charge in [0.2, 0.25) is 0 Å². The van der Waals surface area contributed by atoms with Crippen LogP contribution < -0.4 is 0 Å². The molecule has 0 bridgehead atoms. The number of nitro groups is 2. The van der Waals surface area contributed by atoms with Crippen molar-refractivity contribution in [1.82, 2.24) is 0 Å². The van der Waals surface area contributed by atoms with Gasteiger partial charge in [-0.25, -0.2) is 0 Å². The molecule has 9 heteroatoms. The Morgan fingerprint density at radius 3 is 2.18 bits per heavy atom. The molecular formula is C19H11BrN2O6. The zero-order valence-corrected chi connectivity index (χ0v) is 15.7. The number of carbonyl (C=O) groups excluding carboxylic acids is 1. The van der Waals surface area contributed by atoms with Crippen LogP contribution in [0, 0.1) is 20.2 Å². The van der Waals surface area contributed by atoms with Crippen LogP contribution in [0.3, 0.4) is 0 Å². The van der Waals surface area contributed by atoms with E-state index in [1.165, 1.54) is 48.6 Å². The fraction of sp³-hybridized carbons (Fsp3) is 0. The molecule has 0 saturated heterocycles. The van der Waals surface area contributed by atoms with Crippen molar-refractivity contribution in [3.63, 3.8) is 0 Å². The van der Waals surface area contributed by atoms with E-state index in [2.05, 4.69) is 15.9 Å². The molecule has 28 heavy (non-hydrogen) atoms. The van der Waals surface area contributed by atoms with Gasteiger partial charge in [-0.3, -0.25) is 25.0 Å². The van der Waals surface area contributed by atoms with Gasteiger partial charge in [0.25, 0.3) is 11.4 Å². The standard InChI is InChI=1S/C19H11BrN2O6/c20-17-11-14(22(26)27)5-8-16(17)19-10-7-15(28-19)6-9-18(23)12-1-3-13(4-2-12)21(24)25/h1-11H. The lowest BCUT2D eigenvalue weighted by Crippen LogP contribution is -1.95. The lowest BCUT2D eigenvalue weighted by atomic mass is 10.1. The molecule has 0 amide bonds. The molecule has 1 heterocycles. The summed E-state index contributed by atoms with van der Waals surface area (Å²) in [6.45, 7) is 0. The van der Waals surface area contributed by atoms with E-state index >= 15 is 0 Å². The predicted octanol–water partition coefficient (Wildman–Crippen LogP) is 5.42. The van der Waals surface area contributed by atoms with E-state index in [0.29, 0.717) is 27.1 Å². The van der Waals surface area contributed by atoms with Crippen molar-refractivity contribution in [3.8, 4) is 11.3 Å². The molecule has 0 aliphatic rings. The Morgan fingerprint density at radius 2 is 1.57 bits per heavy atom. The fourth-order valence-electron chi connectivity index (χ4n) is 2.41.